The molecule has 8 nitrogen and oxygen atoms in total. The Morgan fingerprint density at radius 3 is 2.72 bits per heavy atom. The lowest BCUT2D eigenvalue weighted by molar-refractivity contribution is -0.122. The van der Waals surface area contributed by atoms with Crippen LogP contribution in [0.25, 0.3) is 0 Å². The first-order chi connectivity index (χ1) is 13.0. The second-order valence-electron chi connectivity index (χ2n) is 6.89. The van der Waals surface area contributed by atoms with E-state index in [9.17, 15) is 9.59 Å². The molecule has 1 saturated heterocycles. The van der Waals surface area contributed by atoms with Crippen molar-refractivity contribution >= 4 is 42.3 Å². The molecule has 160 valence electrons. The molecule has 10 heteroatoms. The number of likely N-dealkylation sites (tertiary alicyclic amines) is 1. The molecule has 2 atom stereocenters. The van der Waals surface area contributed by atoms with Gasteiger partial charge in [-0.05, 0) is 44.1 Å². The zero-order valence-corrected chi connectivity index (χ0v) is 18.1. The number of nitrogens with zero attached hydrogens (tertiary/aromatic N) is 3. The van der Waals surface area contributed by atoms with Crippen LogP contribution in [-0.2, 0) is 23.2 Å². The van der Waals surface area contributed by atoms with Crippen LogP contribution in [0.4, 0.5) is 5.69 Å². The maximum atomic E-state index is 12.7. The fourth-order valence-electron chi connectivity index (χ4n) is 3.57. The summed E-state index contributed by atoms with van der Waals surface area (Å²) in [5.41, 5.74) is 8.04. The van der Waals surface area contributed by atoms with Gasteiger partial charge in [-0.1, -0.05) is 12.1 Å². The predicted molar refractivity (Wildman–Crippen MR) is 117 cm³/mol. The zero-order chi connectivity index (χ0) is 19.4. The Hall–Kier alpha value is -2.13. The Bertz CT molecular complexity index is 829. The van der Waals surface area contributed by atoms with E-state index in [2.05, 4.69) is 20.6 Å². The summed E-state index contributed by atoms with van der Waals surface area (Å²) in [5, 5.41) is 10.1. The van der Waals surface area contributed by atoms with E-state index in [0.717, 1.165) is 36.2 Å². The Kier molecular flexibility index (Phi) is 9.58. The summed E-state index contributed by atoms with van der Waals surface area (Å²) in [6.45, 7) is 1.49. The van der Waals surface area contributed by atoms with E-state index in [4.69, 9.17) is 5.73 Å². The van der Waals surface area contributed by atoms with Crippen LogP contribution < -0.4 is 16.4 Å². The summed E-state index contributed by atoms with van der Waals surface area (Å²) in [5.74, 6) is -0.427. The minimum Gasteiger partial charge on any atom is -0.368 e. The number of carbonyl (C=O) groups is 2. The van der Waals surface area contributed by atoms with Crippen LogP contribution in [0.3, 0.4) is 0 Å². The second kappa shape index (κ2) is 11.2. The predicted octanol–water partition coefficient (Wildman–Crippen LogP) is 1.61. The standard InChI is InChI=1S/C19H26N6O2.2ClH/c1-21-17(14-10-22-24(2)12-14)19(27)23-15-6-3-5-13(9-15)11-25-8-4-7-16(25)18(20)26;;/h3,5-6,9-10,12,16-17,21H,4,7-8,11H2,1-2H3,(H2,20,26)(H,23,27);2*1H. The molecule has 2 amide bonds. The molecular weight excluding hydrogens is 415 g/mol. The molecule has 2 heterocycles. The number of primary amides is 1. The number of amides is 2. The normalized spacial score (nSPS) is 17.1. The molecule has 0 saturated carbocycles. The summed E-state index contributed by atoms with van der Waals surface area (Å²) in [6, 6.07) is 6.99. The Labute approximate surface area is 183 Å². The zero-order valence-electron chi connectivity index (χ0n) is 16.5. The third kappa shape index (κ3) is 6.17. The molecule has 2 unspecified atom stereocenters. The number of aromatic nitrogens is 2. The number of aryl methyl sites for hydroxylation is 1. The van der Waals surface area contributed by atoms with E-state index in [1.807, 2.05) is 37.5 Å². The van der Waals surface area contributed by atoms with Gasteiger partial charge < -0.3 is 16.4 Å². The van der Waals surface area contributed by atoms with Crippen LogP contribution in [0, 0.1) is 0 Å². The van der Waals surface area contributed by atoms with Gasteiger partial charge in [-0.2, -0.15) is 5.10 Å². The largest absolute Gasteiger partial charge is 0.368 e. The SMILES string of the molecule is CNC(C(=O)Nc1cccc(CN2CCCC2C(N)=O)c1)c1cnn(C)c1.Cl.Cl. The summed E-state index contributed by atoms with van der Waals surface area (Å²) in [6.07, 6.45) is 5.27. The molecule has 0 spiro atoms. The third-order valence-corrected chi connectivity index (χ3v) is 4.88. The number of likely N-dealkylation sites (N-methyl/N-ethyl adjacent to an activating group) is 1. The van der Waals surface area contributed by atoms with Gasteiger partial charge in [-0.3, -0.25) is 19.2 Å². The van der Waals surface area contributed by atoms with Crippen molar-refractivity contribution in [3.63, 3.8) is 0 Å². The minimum absolute atomic E-state index is 0. The summed E-state index contributed by atoms with van der Waals surface area (Å²) >= 11 is 0. The van der Waals surface area contributed by atoms with Crippen molar-refractivity contribution in [3.05, 3.63) is 47.8 Å². The van der Waals surface area contributed by atoms with Crippen LogP contribution in [0.15, 0.2) is 36.7 Å². The monoisotopic (exact) mass is 442 g/mol. The second-order valence-corrected chi connectivity index (χ2v) is 6.89. The number of halogens is 2. The van der Waals surface area contributed by atoms with Gasteiger partial charge in [0.15, 0.2) is 0 Å². The first-order valence-corrected chi connectivity index (χ1v) is 9.07. The molecule has 1 fully saturated rings. The summed E-state index contributed by atoms with van der Waals surface area (Å²) in [7, 11) is 3.56. The van der Waals surface area contributed by atoms with Crippen LogP contribution in [-0.4, -0.2) is 46.1 Å². The van der Waals surface area contributed by atoms with Gasteiger partial charge in [0, 0.05) is 31.0 Å². The highest BCUT2D eigenvalue weighted by atomic mass is 35.5. The van der Waals surface area contributed by atoms with Gasteiger partial charge >= 0.3 is 0 Å². The maximum Gasteiger partial charge on any atom is 0.246 e. The highest BCUT2D eigenvalue weighted by molar-refractivity contribution is 5.95. The van der Waals surface area contributed by atoms with Gasteiger partial charge in [0.05, 0.1) is 12.2 Å². The highest BCUT2D eigenvalue weighted by Gasteiger charge is 2.28. The van der Waals surface area contributed by atoms with E-state index in [0.29, 0.717) is 6.54 Å². The van der Waals surface area contributed by atoms with E-state index in [1.54, 1.807) is 17.9 Å². The molecule has 4 N–H and O–H groups in total. The molecule has 1 aliphatic rings. The van der Waals surface area contributed by atoms with Crippen molar-refractivity contribution in [1.29, 1.82) is 0 Å². The lowest BCUT2D eigenvalue weighted by Crippen LogP contribution is -2.39. The molecule has 1 aromatic heterocycles. The van der Waals surface area contributed by atoms with Crippen molar-refractivity contribution in [3.8, 4) is 0 Å². The van der Waals surface area contributed by atoms with Crippen LogP contribution >= 0.6 is 24.8 Å². The van der Waals surface area contributed by atoms with E-state index in [-0.39, 0.29) is 42.7 Å². The van der Waals surface area contributed by atoms with Gasteiger partial charge in [0.2, 0.25) is 11.8 Å². The maximum absolute atomic E-state index is 12.7. The first-order valence-electron chi connectivity index (χ1n) is 9.07. The number of nitrogens with one attached hydrogen (secondary N) is 2. The minimum atomic E-state index is -0.486. The summed E-state index contributed by atoms with van der Waals surface area (Å²) < 4.78 is 1.67. The number of anilines is 1. The quantitative estimate of drug-likeness (QED) is 0.603. The number of carbonyl (C=O) groups excluding carboxylic acids is 2. The Balaban J connectivity index is 0.00000210. The molecule has 0 aliphatic carbocycles. The fourth-order valence-corrected chi connectivity index (χ4v) is 3.57. The molecule has 2 aromatic rings. The molecule has 0 radical (unpaired) electrons. The fraction of sp³-hybridized carbons (Fsp3) is 0.421. The number of hydrogen-bond donors (Lipinski definition) is 3. The van der Waals surface area contributed by atoms with E-state index < -0.39 is 6.04 Å². The van der Waals surface area contributed by atoms with Crippen molar-refractivity contribution < 1.29 is 9.59 Å². The van der Waals surface area contributed by atoms with Gasteiger partial charge in [-0.25, -0.2) is 0 Å². The molecule has 29 heavy (non-hydrogen) atoms. The average molecular weight is 443 g/mol. The number of hydrogen-bond acceptors (Lipinski definition) is 5. The smallest absolute Gasteiger partial charge is 0.246 e. The van der Waals surface area contributed by atoms with Crippen LogP contribution in [0.5, 0.6) is 0 Å². The molecular formula is C19H28Cl2N6O2. The van der Waals surface area contributed by atoms with E-state index >= 15 is 0 Å². The van der Waals surface area contributed by atoms with Crippen molar-refractivity contribution in [2.45, 2.75) is 31.5 Å². The Morgan fingerprint density at radius 2 is 2.10 bits per heavy atom. The molecule has 0 bridgehead atoms. The molecule has 1 aromatic carbocycles. The molecule has 1 aliphatic heterocycles. The van der Waals surface area contributed by atoms with Gasteiger partial charge in [-0.15, -0.1) is 24.8 Å². The Morgan fingerprint density at radius 1 is 1.34 bits per heavy atom. The number of nitrogens with two attached hydrogens (primary N) is 1. The van der Waals surface area contributed by atoms with Gasteiger partial charge in [0.1, 0.15) is 6.04 Å². The number of rotatable bonds is 7. The lowest BCUT2D eigenvalue weighted by Gasteiger charge is -2.22. The van der Waals surface area contributed by atoms with Crippen LogP contribution in [0.2, 0.25) is 0 Å². The number of benzene rings is 1. The average Bonchev–Trinajstić information content (AvgIpc) is 3.25. The van der Waals surface area contributed by atoms with Crippen molar-refractivity contribution in [2.75, 3.05) is 18.9 Å². The first kappa shape index (κ1) is 24.9. The molecule has 3 rings (SSSR count). The van der Waals surface area contributed by atoms with Crippen LogP contribution in [0.1, 0.15) is 30.0 Å². The van der Waals surface area contributed by atoms with Crippen molar-refractivity contribution in [2.24, 2.45) is 12.8 Å². The van der Waals surface area contributed by atoms with E-state index in [1.165, 1.54) is 0 Å². The third-order valence-electron chi connectivity index (χ3n) is 4.88. The topological polar surface area (TPSA) is 105 Å². The lowest BCUT2D eigenvalue weighted by atomic mass is 10.1. The summed E-state index contributed by atoms with van der Waals surface area (Å²) in [4.78, 5) is 26.3. The highest BCUT2D eigenvalue weighted by Crippen LogP contribution is 2.22. The van der Waals surface area contributed by atoms with Gasteiger partial charge in [0.25, 0.3) is 0 Å². The van der Waals surface area contributed by atoms with Crippen molar-refractivity contribution in [1.82, 2.24) is 20.0 Å².